The number of aromatic nitrogens is 2. The SMILES string of the molecule is CN(C)S(=O)(=O)N1Cc2ccnn2C(COCC2CCC2)C1. The first kappa shape index (κ1) is 15.9. The molecule has 0 spiro atoms. The summed E-state index contributed by atoms with van der Waals surface area (Å²) in [5.74, 6) is 0.683. The molecule has 124 valence electrons. The minimum atomic E-state index is -3.42. The van der Waals surface area contributed by atoms with Crippen LogP contribution in [0.3, 0.4) is 0 Å². The number of nitrogens with zero attached hydrogens (tertiary/aromatic N) is 4. The van der Waals surface area contributed by atoms with E-state index in [4.69, 9.17) is 4.74 Å². The highest BCUT2D eigenvalue weighted by molar-refractivity contribution is 7.86. The van der Waals surface area contributed by atoms with Crippen molar-refractivity contribution in [1.29, 1.82) is 0 Å². The van der Waals surface area contributed by atoms with Crippen LogP contribution in [0.1, 0.15) is 31.0 Å². The molecule has 1 saturated carbocycles. The maximum absolute atomic E-state index is 12.4. The van der Waals surface area contributed by atoms with Crippen LogP contribution in [0.25, 0.3) is 0 Å². The van der Waals surface area contributed by atoms with Crippen LogP contribution >= 0.6 is 0 Å². The highest BCUT2D eigenvalue weighted by atomic mass is 32.2. The van der Waals surface area contributed by atoms with E-state index in [0.29, 0.717) is 25.6 Å². The number of hydrogen-bond acceptors (Lipinski definition) is 4. The van der Waals surface area contributed by atoms with E-state index in [-0.39, 0.29) is 6.04 Å². The van der Waals surface area contributed by atoms with E-state index in [2.05, 4.69) is 5.10 Å². The van der Waals surface area contributed by atoms with E-state index < -0.39 is 10.2 Å². The van der Waals surface area contributed by atoms with Gasteiger partial charge in [-0.1, -0.05) is 6.42 Å². The number of rotatable bonds is 6. The van der Waals surface area contributed by atoms with Crippen molar-refractivity contribution in [2.45, 2.75) is 31.8 Å². The zero-order chi connectivity index (χ0) is 15.7. The summed E-state index contributed by atoms with van der Waals surface area (Å²) in [5.41, 5.74) is 0.911. The summed E-state index contributed by atoms with van der Waals surface area (Å²) in [4.78, 5) is 0. The fraction of sp³-hybridized carbons (Fsp3) is 0.786. The second-order valence-corrected chi connectivity index (χ2v) is 8.48. The van der Waals surface area contributed by atoms with Gasteiger partial charge < -0.3 is 4.74 Å². The van der Waals surface area contributed by atoms with E-state index in [1.165, 1.54) is 27.9 Å². The van der Waals surface area contributed by atoms with E-state index in [0.717, 1.165) is 12.3 Å². The van der Waals surface area contributed by atoms with Gasteiger partial charge in [0.25, 0.3) is 10.2 Å². The lowest BCUT2D eigenvalue weighted by atomic mass is 9.86. The van der Waals surface area contributed by atoms with Gasteiger partial charge in [0.2, 0.25) is 0 Å². The van der Waals surface area contributed by atoms with Crippen LogP contribution in [0, 0.1) is 5.92 Å². The highest BCUT2D eigenvalue weighted by Gasteiger charge is 2.34. The predicted octanol–water partition coefficient (Wildman–Crippen LogP) is 0.863. The average molecular weight is 328 g/mol. The first-order valence-corrected chi connectivity index (χ1v) is 9.16. The van der Waals surface area contributed by atoms with Gasteiger partial charge in [-0.15, -0.1) is 0 Å². The van der Waals surface area contributed by atoms with Crippen molar-refractivity contribution in [2.24, 2.45) is 5.92 Å². The van der Waals surface area contributed by atoms with Crippen LogP contribution < -0.4 is 0 Å². The predicted molar refractivity (Wildman–Crippen MR) is 82.4 cm³/mol. The van der Waals surface area contributed by atoms with Crippen molar-refractivity contribution in [3.63, 3.8) is 0 Å². The molecule has 0 aromatic carbocycles. The normalized spacial score (nSPS) is 23.5. The Morgan fingerprint density at radius 2 is 2.14 bits per heavy atom. The van der Waals surface area contributed by atoms with Crippen LogP contribution in [-0.2, 0) is 21.5 Å². The Bertz CT molecular complexity index is 609. The van der Waals surface area contributed by atoms with Gasteiger partial charge >= 0.3 is 0 Å². The van der Waals surface area contributed by atoms with Gasteiger partial charge in [0.15, 0.2) is 0 Å². The third-order valence-electron chi connectivity index (χ3n) is 4.53. The maximum Gasteiger partial charge on any atom is 0.281 e. The number of hydrogen-bond donors (Lipinski definition) is 0. The van der Waals surface area contributed by atoms with E-state index >= 15 is 0 Å². The average Bonchev–Trinajstić information content (AvgIpc) is 2.89. The summed E-state index contributed by atoms with van der Waals surface area (Å²) in [6, 6.07) is 1.81. The molecule has 0 amide bonds. The summed E-state index contributed by atoms with van der Waals surface area (Å²) >= 11 is 0. The zero-order valence-electron chi connectivity index (χ0n) is 13.2. The Morgan fingerprint density at radius 1 is 1.36 bits per heavy atom. The van der Waals surface area contributed by atoms with Crippen LogP contribution in [0.15, 0.2) is 12.3 Å². The molecule has 22 heavy (non-hydrogen) atoms. The molecule has 1 atom stereocenters. The largest absolute Gasteiger partial charge is 0.379 e. The highest BCUT2D eigenvalue weighted by Crippen LogP contribution is 2.28. The quantitative estimate of drug-likeness (QED) is 0.777. The topological polar surface area (TPSA) is 67.7 Å². The summed E-state index contributed by atoms with van der Waals surface area (Å²) < 4.78 is 35.3. The molecule has 1 aliphatic heterocycles. The molecule has 1 aromatic rings. The molecule has 1 fully saturated rings. The Kier molecular flexibility index (Phi) is 4.54. The van der Waals surface area contributed by atoms with Crippen LogP contribution in [0.4, 0.5) is 0 Å². The van der Waals surface area contributed by atoms with Crippen molar-refractivity contribution in [3.05, 3.63) is 18.0 Å². The lowest BCUT2D eigenvalue weighted by molar-refractivity contribution is 0.0382. The Balaban J connectivity index is 1.69. The second kappa shape index (κ2) is 6.27. The van der Waals surface area contributed by atoms with Crippen LogP contribution in [-0.4, -0.2) is 60.7 Å². The van der Waals surface area contributed by atoms with Crippen molar-refractivity contribution < 1.29 is 13.2 Å². The molecule has 1 aliphatic carbocycles. The molecule has 2 heterocycles. The lowest BCUT2D eigenvalue weighted by Crippen LogP contribution is -2.47. The first-order chi connectivity index (χ1) is 10.5. The van der Waals surface area contributed by atoms with Crippen molar-refractivity contribution in [1.82, 2.24) is 18.4 Å². The Labute approximate surface area is 132 Å². The lowest BCUT2D eigenvalue weighted by Gasteiger charge is -2.34. The summed E-state index contributed by atoms with van der Waals surface area (Å²) in [7, 11) is -0.301. The first-order valence-electron chi connectivity index (χ1n) is 7.76. The third-order valence-corrected chi connectivity index (χ3v) is 6.38. The molecular formula is C14H24N4O3S. The van der Waals surface area contributed by atoms with E-state index in [1.54, 1.807) is 20.3 Å². The molecule has 0 saturated heterocycles. The van der Waals surface area contributed by atoms with Gasteiger partial charge in [0.1, 0.15) is 0 Å². The van der Waals surface area contributed by atoms with Gasteiger partial charge in [0, 0.05) is 33.4 Å². The molecule has 3 rings (SSSR count). The minimum absolute atomic E-state index is 0.0615. The summed E-state index contributed by atoms with van der Waals surface area (Å²) in [6.07, 6.45) is 5.52. The zero-order valence-corrected chi connectivity index (χ0v) is 14.0. The van der Waals surface area contributed by atoms with Crippen molar-refractivity contribution in [2.75, 3.05) is 33.9 Å². The molecule has 8 heteroatoms. The molecule has 7 nitrogen and oxygen atoms in total. The number of ether oxygens (including phenoxy) is 1. The number of fused-ring (bicyclic) bond motifs is 1. The molecule has 0 radical (unpaired) electrons. The summed E-state index contributed by atoms with van der Waals surface area (Å²) in [6.45, 7) is 2.04. The van der Waals surface area contributed by atoms with Crippen LogP contribution in [0.5, 0.6) is 0 Å². The molecule has 1 unspecified atom stereocenters. The van der Waals surface area contributed by atoms with Gasteiger partial charge in [-0.3, -0.25) is 4.68 Å². The Hall–Kier alpha value is -0.960. The van der Waals surface area contributed by atoms with Gasteiger partial charge in [-0.05, 0) is 24.8 Å². The van der Waals surface area contributed by atoms with E-state index in [9.17, 15) is 8.42 Å². The smallest absolute Gasteiger partial charge is 0.281 e. The fourth-order valence-corrected chi connectivity index (χ4v) is 4.03. The monoisotopic (exact) mass is 328 g/mol. The van der Waals surface area contributed by atoms with Crippen molar-refractivity contribution in [3.8, 4) is 0 Å². The van der Waals surface area contributed by atoms with Crippen molar-refractivity contribution >= 4 is 10.2 Å². The van der Waals surface area contributed by atoms with Gasteiger partial charge in [-0.25, -0.2) is 0 Å². The molecule has 0 N–H and O–H groups in total. The van der Waals surface area contributed by atoms with Crippen LogP contribution in [0.2, 0.25) is 0 Å². The van der Waals surface area contributed by atoms with Gasteiger partial charge in [-0.2, -0.15) is 22.1 Å². The van der Waals surface area contributed by atoms with E-state index in [1.807, 2.05) is 10.7 Å². The molecular weight excluding hydrogens is 304 g/mol. The van der Waals surface area contributed by atoms with Gasteiger partial charge in [0.05, 0.1) is 24.9 Å². The minimum Gasteiger partial charge on any atom is -0.379 e. The summed E-state index contributed by atoms with van der Waals surface area (Å²) in [5, 5.41) is 4.33. The molecule has 0 bridgehead atoms. The maximum atomic E-state index is 12.4. The second-order valence-electron chi connectivity index (χ2n) is 6.34. The molecule has 1 aromatic heterocycles. The standard InChI is InChI=1S/C14H24N4O3S/c1-16(2)22(19,20)17-8-13-6-7-15-18(13)14(9-17)11-21-10-12-4-3-5-12/h6-7,12,14H,3-5,8-11H2,1-2H3. The molecule has 2 aliphatic rings. The third kappa shape index (κ3) is 3.05. The fourth-order valence-electron chi connectivity index (χ4n) is 2.91. The Morgan fingerprint density at radius 3 is 2.77 bits per heavy atom.